The molecule has 0 aromatic carbocycles. The number of carbonyl (C=O) groups excluding carboxylic acids is 2. The number of likely N-dealkylation sites (tertiary alicyclic amines) is 2. The predicted octanol–water partition coefficient (Wildman–Crippen LogP) is 1.80. The number of aromatic nitrogens is 1. The highest BCUT2D eigenvalue weighted by Gasteiger charge is 2.50. The fourth-order valence-electron chi connectivity index (χ4n) is 4.46. The SMILES string of the molecule is CCc1cc(C(=O)N2CCC3(CCCN(CC4CC4)C3=O)C2)cc(=O)[nH]1. The lowest BCUT2D eigenvalue weighted by Gasteiger charge is -2.39. The van der Waals surface area contributed by atoms with E-state index in [1.807, 2.05) is 11.8 Å². The molecule has 26 heavy (non-hydrogen) atoms. The summed E-state index contributed by atoms with van der Waals surface area (Å²) in [5.74, 6) is 0.803. The zero-order valence-corrected chi connectivity index (χ0v) is 15.4. The molecule has 2 saturated heterocycles. The minimum atomic E-state index is -0.405. The molecule has 2 aliphatic heterocycles. The Morgan fingerprint density at radius 2 is 2.04 bits per heavy atom. The average Bonchev–Trinajstić information content (AvgIpc) is 3.35. The molecule has 1 saturated carbocycles. The van der Waals surface area contributed by atoms with Gasteiger partial charge in [-0.15, -0.1) is 0 Å². The lowest BCUT2D eigenvalue weighted by Crippen LogP contribution is -2.51. The molecule has 140 valence electrons. The molecule has 0 radical (unpaired) electrons. The van der Waals surface area contributed by atoms with Crippen LogP contribution in [0.5, 0.6) is 0 Å². The second kappa shape index (κ2) is 6.56. The molecule has 1 atom stereocenters. The number of amides is 2. The minimum Gasteiger partial charge on any atom is -0.342 e. The quantitative estimate of drug-likeness (QED) is 0.893. The standard InChI is InChI=1S/C20H27N3O3/c1-2-16-10-15(11-17(24)21-16)18(25)23-9-7-20(13-23)6-3-8-22(19(20)26)12-14-4-5-14/h10-11,14H,2-9,12-13H2,1H3,(H,21,24). The molecular weight excluding hydrogens is 330 g/mol. The van der Waals surface area contributed by atoms with Gasteiger partial charge in [-0.05, 0) is 50.5 Å². The largest absolute Gasteiger partial charge is 0.342 e. The van der Waals surface area contributed by atoms with Crippen molar-refractivity contribution in [1.82, 2.24) is 14.8 Å². The monoisotopic (exact) mass is 357 g/mol. The molecule has 1 spiro atoms. The van der Waals surface area contributed by atoms with Gasteiger partial charge in [0.25, 0.3) is 5.91 Å². The van der Waals surface area contributed by atoms with Crippen molar-refractivity contribution in [3.8, 4) is 0 Å². The molecule has 6 nitrogen and oxygen atoms in total. The fourth-order valence-corrected chi connectivity index (χ4v) is 4.46. The Balaban J connectivity index is 1.50. The molecule has 1 N–H and O–H groups in total. The van der Waals surface area contributed by atoms with E-state index >= 15 is 0 Å². The fraction of sp³-hybridized carbons (Fsp3) is 0.650. The maximum atomic E-state index is 13.1. The first-order valence-electron chi connectivity index (χ1n) is 9.83. The molecule has 1 aromatic rings. The topological polar surface area (TPSA) is 73.5 Å². The number of piperidine rings is 1. The Morgan fingerprint density at radius 3 is 2.77 bits per heavy atom. The van der Waals surface area contributed by atoms with Crippen LogP contribution in [0, 0.1) is 11.3 Å². The summed E-state index contributed by atoms with van der Waals surface area (Å²) in [5.41, 5.74) is 0.545. The van der Waals surface area contributed by atoms with Gasteiger partial charge in [-0.2, -0.15) is 0 Å². The van der Waals surface area contributed by atoms with Crippen molar-refractivity contribution in [3.63, 3.8) is 0 Å². The van der Waals surface area contributed by atoms with E-state index in [4.69, 9.17) is 0 Å². The van der Waals surface area contributed by atoms with Crippen molar-refractivity contribution < 1.29 is 9.59 Å². The van der Waals surface area contributed by atoms with Gasteiger partial charge in [0.2, 0.25) is 11.5 Å². The van der Waals surface area contributed by atoms with E-state index in [0.29, 0.717) is 31.0 Å². The van der Waals surface area contributed by atoms with Gasteiger partial charge < -0.3 is 14.8 Å². The smallest absolute Gasteiger partial charge is 0.254 e. The number of aromatic amines is 1. The van der Waals surface area contributed by atoms with Crippen LogP contribution < -0.4 is 5.56 Å². The normalized spacial score (nSPS) is 26.0. The molecule has 1 unspecified atom stereocenters. The van der Waals surface area contributed by atoms with Crippen LogP contribution in [0.15, 0.2) is 16.9 Å². The van der Waals surface area contributed by atoms with Gasteiger partial charge in [0.1, 0.15) is 0 Å². The molecule has 3 aliphatic rings. The van der Waals surface area contributed by atoms with Gasteiger partial charge in [0.05, 0.1) is 5.41 Å². The summed E-state index contributed by atoms with van der Waals surface area (Å²) in [4.78, 5) is 44.4. The average molecular weight is 357 g/mol. The number of carbonyl (C=O) groups is 2. The molecule has 1 aromatic heterocycles. The summed E-state index contributed by atoms with van der Waals surface area (Å²) in [6.07, 6.45) is 5.78. The van der Waals surface area contributed by atoms with Crippen molar-refractivity contribution >= 4 is 11.8 Å². The van der Waals surface area contributed by atoms with E-state index in [1.165, 1.54) is 18.9 Å². The second-order valence-electron chi connectivity index (χ2n) is 8.17. The van der Waals surface area contributed by atoms with E-state index in [1.54, 1.807) is 11.0 Å². The zero-order valence-electron chi connectivity index (χ0n) is 15.4. The lowest BCUT2D eigenvalue weighted by atomic mass is 9.78. The van der Waals surface area contributed by atoms with Gasteiger partial charge in [0.15, 0.2) is 0 Å². The summed E-state index contributed by atoms with van der Waals surface area (Å²) >= 11 is 0. The van der Waals surface area contributed by atoms with Gasteiger partial charge in [-0.25, -0.2) is 0 Å². The van der Waals surface area contributed by atoms with Crippen molar-refractivity contribution in [2.24, 2.45) is 11.3 Å². The van der Waals surface area contributed by atoms with Gasteiger partial charge in [-0.1, -0.05) is 6.92 Å². The highest BCUT2D eigenvalue weighted by molar-refractivity contribution is 5.95. The van der Waals surface area contributed by atoms with E-state index in [0.717, 1.165) is 38.0 Å². The summed E-state index contributed by atoms with van der Waals surface area (Å²) < 4.78 is 0. The number of pyridine rings is 1. The van der Waals surface area contributed by atoms with Crippen molar-refractivity contribution in [3.05, 3.63) is 33.7 Å². The van der Waals surface area contributed by atoms with Crippen LogP contribution in [0.2, 0.25) is 0 Å². The zero-order chi connectivity index (χ0) is 18.3. The van der Waals surface area contributed by atoms with Crippen LogP contribution in [0.25, 0.3) is 0 Å². The van der Waals surface area contributed by atoms with E-state index in [9.17, 15) is 14.4 Å². The number of nitrogens with zero attached hydrogens (tertiary/aromatic N) is 2. The summed E-state index contributed by atoms with van der Waals surface area (Å²) in [6.45, 7) is 4.77. The molecule has 3 fully saturated rings. The van der Waals surface area contributed by atoms with Crippen LogP contribution in [-0.2, 0) is 11.2 Å². The Morgan fingerprint density at radius 1 is 1.23 bits per heavy atom. The summed E-state index contributed by atoms with van der Waals surface area (Å²) in [5, 5.41) is 0. The Labute approximate surface area is 153 Å². The number of hydrogen-bond acceptors (Lipinski definition) is 3. The molecule has 6 heteroatoms. The third-order valence-electron chi connectivity index (χ3n) is 6.17. The van der Waals surface area contributed by atoms with Gasteiger partial charge in [0, 0.05) is 43.5 Å². The van der Waals surface area contributed by atoms with E-state index in [2.05, 4.69) is 4.98 Å². The molecular formula is C20H27N3O3. The first-order valence-corrected chi connectivity index (χ1v) is 9.83. The van der Waals surface area contributed by atoms with E-state index in [-0.39, 0.29) is 17.4 Å². The third kappa shape index (κ3) is 3.17. The minimum absolute atomic E-state index is 0.130. The number of rotatable bonds is 4. The first-order chi connectivity index (χ1) is 12.5. The summed E-state index contributed by atoms with van der Waals surface area (Å²) in [7, 11) is 0. The van der Waals surface area contributed by atoms with Crippen LogP contribution in [0.4, 0.5) is 0 Å². The van der Waals surface area contributed by atoms with Gasteiger partial charge in [-0.3, -0.25) is 14.4 Å². The predicted molar refractivity (Wildman–Crippen MR) is 97.9 cm³/mol. The highest BCUT2D eigenvalue weighted by atomic mass is 16.2. The first kappa shape index (κ1) is 17.3. The van der Waals surface area contributed by atoms with Crippen LogP contribution in [0.3, 0.4) is 0 Å². The second-order valence-corrected chi connectivity index (χ2v) is 8.17. The van der Waals surface area contributed by atoms with Crippen molar-refractivity contribution in [2.45, 2.75) is 45.4 Å². The number of nitrogens with one attached hydrogen (secondary N) is 1. The maximum Gasteiger partial charge on any atom is 0.254 e. The third-order valence-corrected chi connectivity index (χ3v) is 6.17. The van der Waals surface area contributed by atoms with Crippen molar-refractivity contribution in [1.29, 1.82) is 0 Å². The number of hydrogen-bond donors (Lipinski definition) is 1. The Hall–Kier alpha value is -2.11. The maximum absolute atomic E-state index is 13.1. The van der Waals surface area contributed by atoms with E-state index < -0.39 is 5.41 Å². The Bertz CT molecular complexity index is 783. The number of H-pyrrole nitrogens is 1. The van der Waals surface area contributed by atoms with Crippen molar-refractivity contribution in [2.75, 3.05) is 26.2 Å². The molecule has 3 heterocycles. The molecule has 2 amide bonds. The highest BCUT2D eigenvalue weighted by Crippen LogP contribution is 2.42. The van der Waals surface area contributed by atoms with Gasteiger partial charge >= 0.3 is 0 Å². The van der Waals surface area contributed by atoms with Crippen LogP contribution >= 0.6 is 0 Å². The summed E-state index contributed by atoms with van der Waals surface area (Å²) in [6, 6.07) is 3.13. The molecule has 0 bridgehead atoms. The lowest BCUT2D eigenvalue weighted by molar-refractivity contribution is -0.145. The molecule has 1 aliphatic carbocycles. The van der Waals surface area contributed by atoms with Crippen LogP contribution in [-0.4, -0.2) is 52.8 Å². The Kier molecular flexibility index (Phi) is 4.37. The number of aryl methyl sites for hydroxylation is 1. The van der Waals surface area contributed by atoms with Crippen LogP contribution in [0.1, 0.15) is 55.1 Å². The molecule has 4 rings (SSSR count).